The lowest BCUT2D eigenvalue weighted by Crippen LogP contribution is -2.38. The standard InChI is InChI=1S/C24H33N5O2S/c1-17(2)15-29-22(28-10-12-31-13-11-28)25-26-23(29)32-16-18(30)14-21-24(3,4)19-8-6-7-9-20(19)27(21)5/h6-9,14,17H,10-13,15-16H2,1-5H3/b21-14+. The largest absolute Gasteiger partial charge is 0.378 e. The van der Waals surface area contributed by atoms with Gasteiger partial charge in [0, 0.05) is 49.6 Å². The molecular formula is C24H33N5O2S. The highest BCUT2D eigenvalue weighted by Gasteiger charge is 2.38. The van der Waals surface area contributed by atoms with E-state index in [1.54, 1.807) is 6.08 Å². The molecule has 0 amide bonds. The fourth-order valence-electron chi connectivity index (χ4n) is 4.50. The third-order valence-electron chi connectivity index (χ3n) is 6.12. The van der Waals surface area contributed by atoms with Gasteiger partial charge in [0.2, 0.25) is 5.95 Å². The van der Waals surface area contributed by atoms with Gasteiger partial charge in [-0.25, -0.2) is 0 Å². The van der Waals surface area contributed by atoms with Crippen LogP contribution >= 0.6 is 11.8 Å². The maximum atomic E-state index is 13.0. The first-order chi connectivity index (χ1) is 15.3. The third kappa shape index (κ3) is 4.43. The normalized spacial score (nSPS) is 19.1. The maximum Gasteiger partial charge on any atom is 0.228 e. The van der Waals surface area contributed by atoms with Crippen molar-refractivity contribution in [2.45, 2.75) is 44.8 Å². The van der Waals surface area contributed by atoms with E-state index < -0.39 is 0 Å². The number of carbonyl (C=O) groups is 1. The highest BCUT2D eigenvalue weighted by Crippen LogP contribution is 2.46. The summed E-state index contributed by atoms with van der Waals surface area (Å²) in [6.07, 6.45) is 1.80. The summed E-state index contributed by atoms with van der Waals surface area (Å²) >= 11 is 1.47. The minimum atomic E-state index is -0.202. The van der Waals surface area contributed by atoms with Gasteiger partial charge in [0.1, 0.15) is 0 Å². The second kappa shape index (κ2) is 9.27. The summed E-state index contributed by atoms with van der Waals surface area (Å²) in [4.78, 5) is 17.3. The number of likely N-dealkylation sites (N-methyl/N-ethyl adjacent to an activating group) is 1. The van der Waals surface area contributed by atoms with Gasteiger partial charge >= 0.3 is 0 Å². The summed E-state index contributed by atoms with van der Waals surface area (Å²) < 4.78 is 7.64. The van der Waals surface area contributed by atoms with E-state index >= 15 is 0 Å². The molecule has 1 saturated heterocycles. The van der Waals surface area contributed by atoms with Crippen LogP contribution in [0.4, 0.5) is 11.6 Å². The zero-order valence-electron chi connectivity index (χ0n) is 19.7. The molecule has 0 saturated carbocycles. The molecule has 8 heteroatoms. The van der Waals surface area contributed by atoms with E-state index in [1.165, 1.54) is 17.3 Å². The number of carbonyl (C=O) groups excluding carboxylic acids is 1. The summed E-state index contributed by atoms with van der Waals surface area (Å²) in [5.74, 6) is 1.75. The molecule has 2 aliphatic heterocycles. The van der Waals surface area contributed by atoms with Crippen LogP contribution in [0.2, 0.25) is 0 Å². The molecule has 172 valence electrons. The van der Waals surface area contributed by atoms with E-state index in [0.717, 1.165) is 42.1 Å². The van der Waals surface area contributed by atoms with Gasteiger partial charge in [0.15, 0.2) is 10.9 Å². The molecule has 0 bridgehead atoms. The average molecular weight is 456 g/mol. The molecule has 2 aliphatic rings. The number of anilines is 2. The van der Waals surface area contributed by atoms with Crippen molar-refractivity contribution in [3.05, 3.63) is 41.6 Å². The number of ketones is 1. The van der Waals surface area contributed by atoms with Crippen molar-refractivity contribution >= 4 is 29.2 Å². The van der Waals surface area contributed by atoms with Gasteiger partial charge in [-0.05, 0) is 17.5 Å². The van der Waals surface area contributed by atoms with E-state index in [4.69, 9.17) is 4.74 Å². The third-order valence-corrected chi connectivity index (χ3v) is 7.11. The Morgan fingerprint density at radius 2 is 1.94 bits per heavy atom. The average Bonchev–Trinajstić information content (AvgIpc) is 3.25. The molecule has 0 atom stereocenters. The fourth-order valence-corrected chi connectivity index (χ4v) is 5.26. The summed E-state index contributed by atoms with van der Waals surface area (Å²) in [5.41, 5.74) is 3.24. The number of rotatable bonds is 7. The van der Waals surface area contributed by atoms with Gasteiger partial charge in [-0.1, -0.05) is 57.7 Å². The molecule has 1 aromatic carbocycles. The topological polar surface area (TPSA) is 63.5 Å². The van der Waals surface area contributed by atoms with Crippen molar-refractivity contribution in [1.29, 1.82) is 0 Å². The molecule has 3 heterocycles. The second-order valence-electron chi connectivity index (χ2n) is 9.37. The SMILES string of the molecule is CC(C)Cn1c(SCC(=O)/C=C2/N(C)c3ccccc3C2(C)C)nnc1N1CCOCC1. The van der Waals surface area contributed by atoms with Crippen molar-refractivity contribution < 1.29 is 9.53 Å². The van der Waals surface area contributed by atoms with Crippen LogP contribution in [0.15, 0.2) is 41.2 Å². The van der Waals surface area contributed by atoms with Gasteiger partial charge in [-0.3, -0.25) is 9.36 Å². The van der Waals surface area contributed by atoms with E-state index in [2.05, 4.69) is 70.5 Å². The molecule has 2 aromatic rings. The highest BCUT2D eigenvalue weighted by molar-refractivity contribution is 7.99. The van der Waals surface area contributed by atoms with E-state index in [0.29, 0.717) is 24.9 Å². The van der Waals surface area contributed by atoms with Crippen LogP contribution in [0.25, 0.3) is 0 Å². The summed E-state index contributed by atoms with van der Waals surface area (Å²) in [6, 6.07) is 8.36. The Morgan fingerprint density at radius 3 is 2.62 bits per heavy atom. The van der Waals surface area contributed by atoms with Crippen LogP contribution in [0.3, 0.4) is 0 Å². The molecule has 0 aliphatic carbocycles. The molecule has 0 spiro atoms. The molecule has 0 radical (unpaired) electrons. The fraction of sp³-hybridized carbons (Fsp3) is 0.542. The first-order valence-electron chi connectivity index (χ1n) is 11.3. The Labute approximate surface area is 194 Å². The monoisotopic (exact) mass is 455 g/mol. The van der Waals surface area contributed by atoms with Gasteiger partial charge < -0.3 is 14.5 Å². The minimum Gasteiger partial charge on any atom is -0.378 e. The van der Waals surface area contributed by atoms with Crippen LogP contribution in [0.5, 0.6) is 0 Å². The predicted octanol–water partition coefficient (Wildman–Crippen LogP) is 3.74. The Bertz CT molecular complexity index is 1010. The lowest BCUT2D eigenvalue weighted by molar-refractivity contribution is -0.112. The van der Waals surface area contributed by atoms with Crippen molar-refractivity contribution in [1.82, 2.24) is 14.8 Å². The number of ether oxygens (including phenoxy) is 1. The van der Waals surface area contributed by atoms with Gasteiger partial charge in [-0.15, -0.1) is 10.2 Å². The van der Waals surface area contributed by atoms with Crippen molar-refractivity contribution in [2.24, 2.45) is 5.92 Å². The number of thioether (sulfide) groups is 1. The number of fused-ring (bicyclic) bond motifs is 1. The van der Waals surface area contributed by atoms with Gasteiger partial charge in [0.25, 0.3) is 0 Å². The molecular weight excluding hydrogens is 422 g/mol. The van der Waals surface area contributed by atoms with Crippen molar-refractivity contribution in [2.75, 3.05) is 48.9 Å². The predicted molar refractivity (Wildman–Crippen MR) is 130 cm³/mol. The number of benzene rings is 1. The van der Waals surface area contributed by atoms with Gasteiger partial charge in [0.05, 0.1) is 19.0 Å². The molecule has 7 nitrogen and oxygen atoms in total. The van der Waals surface area contributed by atoms with Crippen LogP contribution in [-0.4, -0.2) is 59.7 Å². The minimum absolute atomic E-state index is 0.0877. The lowest BCUT2D eigenvalue weighted by atomic mass is 9.83. The zero-order chi connectivity index (χ0) is 22.9. The molecule has 32 heavy (non-hydrogen) atoms. The van der Waals surface area contributed by atoms with Gasteiger partial charge in [-0.2, -0.15) is 0 Å². The lowest BCUT2D eigenvalue weighted by Gasteiger charge is -2.28. The number of aromatic nitrogens is 3. The first kappa shape index (κ1) is 22.9. The quantitative estimate of drug-likeness (QED) is 0.465. The summed E-state index contributed by atoms with van der Waals surface area (Å²) in [5, 5.41) is 9.70. The Kier molecular flexibility index (Phi) is 6.62. The number of hydrogen-bond donors (Lipinski definition) is 0. The molecule has 1 fully saturated rings. The van der Waals surface area contributed by atoms with E-state index in [-0.39, 0.29) is 11.2 Å². The Morgan fingerprint density at radius 1 is 1.22 bits per heavy atom. The van der Waals surface area contributed by atoms with E-state index in [1.807, 2.05) is 13.1 Å². The molecule has 0 N–H and O–H groups in total. The van der Waals surface area contributed by atoms with Crippen molar-refractivity contribution in [3.63, 3.8) is 0 Å². The Balaban J connectivity index is 1.50. The molecule has 4 rings (SSSR count). The Hall–Kier alpha value is -2.32. The molecule has 0 unspecified atom stereocenters. The van der Waals surface area contributed by atoms with Crippen LogP contribution in [-0.2, 0) is 21.5 Å². The number of nitrogens with zero attached hydrogens (tertiary/aromatic N) is 5. The zero-order valence-corrected chi connectivity index (χ0v) is 20.5. The molecule has 1 aromatic heterocycles. The van der Waals surface area contributed by atoms with Crippen LogP contribution in [0.1, 0.15) is 33.3 Å². The first-order valence-corrected chi connectivity index (χ1v) is 12.2. The second-order valence-corrected chi connectivity index (χ2v) is 10.3. The number of para-hydroxylation sites is 1. The number of morpholine rings is 1. The summed E-state index contributed by atoms with van der Waals surface area (Å²) in [7, 11) is 2.04. The highest BCUT2D eigenvalue weighted by atomic mass is 32.2. The van der Waals surface area contributed by atoms with Crippen LogP contribution in [0, 0.1) is 5.92 Å². The van der Waals surface area contributed by atoms with Crippen LogP contribution < -0.4 is 9.80 Å². The van der Waals surface area contributed by atoms with Crippen molar-refractivity contribution in [3.8, 4) is 0 Å². The summed E-state index contributed by atoms with van der Waals surface area (Å²) in [6.45, 7) is 12.6. The maximum absolute atomic E-state index is 13.0. The number of hydrogen-bond acceptors (Lipinski definition) is 7. The van der Waals surface area contributed by atoms with E-state index in [9.17, 15) is 4.79 Å². The number of allylic oxidation sites excluding steroid dienone is 2. The smallest absolute Gasteiger partial charge is 0.228 e.